The summed E-state index contributed by atoms with van der Waals surface area (Å²) in [5.41, 5.74) is 0. The smallest absolute Gasteiger partial charge is 0.256 e. The Balaban J connectivity index is 1.42. The van der Waals surface area contributed by atoms with E-state index in [-0.39, 0.29) is 24.7 Å². The maximum absolute atomic E-state index is 11.3. The lowest BCUT2D eigenvalue weighted by Gasteiger charge is -2.11. The average Bonchev–Trinajstić information content (AvgIpc) is 2.89. The van der Waals surface area contributed by atoms with Crippen LogP contribution in [0.1, 0.15) is 38.5 Å². The standard InChI is InChI=1S/C14H17NO4/c16-13-7-8-14(17)15(13)19-18-9-12-10-5-3-1-2-4-6-11(10)12/h10-12H,3-9H2/t10-,11+,12?. The van der Waals surface area contributed by atoms with E-state index in [1.165, 1.54) is 0 Å². The molecule has 102 valence electrons. The predicted octanol–water partition coefficient (Wildman–Crippen LogP) is 1.44. The summed E-state index contributed by atoms with van der Waals surface area (Å²) in [6, 6.07) is 0. The van der Waals surface area contributed by atoms with Crippen molar-refractivity contribution in [1.29, 1.82) is 0 Å². The number of hydrogen-bond acceptors (Lipinski definition) is 4. The summed E-state index contributed by atoms with van der Waals surface area (Å²) in [6.07, 6.45) is 4.59. The molecule has 1 saturated carbocycles. The third-order valence-electron chi connectivity index (χ3n) is 4.23. The van der Waals surface area contributed by atoms with Crippen molar-refractivity contribution in [3.05, 3.63) is 0 Å². The molecule has 2 aliphatic carbocycles. The minimum atomic E-state index is -0.319. The fourth-order valence-electron chi connectivity index (χ4n) is 3.08. The lowest BCUT2D eigenvalue weighted by molar-refractivity contribution is -0.395. The Kier molecular flexibility index (Phi) is 3.54. The fraction of sp³-hybridized carbons (Fsp3) is 0.714. The first-order valence-corrected chi connectivity index (χ1v) is 6.88. The van der Waals surface area contributed by atoms with Gasteiger partial charge in [0, 0.05) is 25.7 Å². The van der Waals surface area contributed by atoms with Gasteiger partial charge in [-0.2, -0.15) is 0 Å². The molecular weight excluding hydrogens is 246 g/mol. The SMILES string of the molecule is O=C1CCC(=O)N1OOCC1[C@H]2CCC#CCC[C@@H]12. The lowest BCUT2D eigenvalue weighted by atomic mass is 10.1. The number of fused-ring (bicyclic) bond motifs is 1. The highest BCUT2D eigenvalue weighted by molar-refractivity contribution is 6.00. The number of amides is 2. The van der Waals surface area contributed by atoms with Crippen LogP contribution in [0.3, 0.4) is 0 Å². The van der Waals surface area contributed by atoms with Gasteiger partial charge in [-0.05, 0) is 30.6 Å². The van der Waals surface area contributed by atoms with E-state index in [1.807, 2.05) is 0 Å². The zero-order valence-electron chi connectivity index (χ0n) is 10.8. The minimum absolute atomic E-state index is 0.216. The van der Waals surface area contributed by atoms with Gasteiger partial charge in [0.15, 0.2) is 0 Å². The van der Waals surface area contributed by atoms with Gasteiger partial charge in [0.1, 0.15) is 0 Å². The number of rotatable bonds is 4. The maximum atomic E-state index is 11.3. The van der Waals surface area contributed by atoms with Crippen LogP contribution >= 0.6 is 0 Å². The lowest BCUT2D eigenvalue weighted by Crippen LogP contribution is -2.29. The van der Waals surface area contributed by atoms with E-state index in [0.29, 0.717) is 24.4 Å². The Morgan fingerprint density at radius 1 is 1.05 bits per heavy atom. The van der Waals surface area contributed by atoms with Gasteiger partial charge in [0.25, 0.3) is 11.8 Å². The van der Waals surface area contributed by atoms with Gasteiger partial charge in [-0.15, -0.1) is 21.9 Å². The summed E-state index contributed by atoms with van der Waals surface area (Å²) >= 11 is 0. The summed E-state index contributed by atoms with van der Waals surface area (Å²) in [5.74, 6) is 7.50. The normalized spacial score (nSPS) is 33.3. The van der Waals surface area contributed by atoms with Crippen molar-refractivity contribution in [3.63, 3.8) is 0 Å². The van der Waals surface area contributed by atoms with Gasteiger partial charge >= 0.3 is 0 Å². The molecule has 3 atom stereocenters. The first-order chi connectivity index (χ1) is 9.27. The van der Waals surface area contributed by atoms with Crippen molar-refractivity contribution in [1.82, 2.24) is 5.06 Å². The second-order valence-electron chi connectivity index (χ2n) is 5.36. The molecule has 19 heavy (non-hydrogen) atoms. The van der Waals surface area contributed by atoms with Crippen LogP contribution < -0.4 is 0 Å². The van der Waals surface area contributed by atoms with Crippen LogP contribution in [0, 0.1) is 29.6 Å². The molecule has 0 radical (unpaired) electrons. The van der Waals surface area contributed by atoms with E-state index in [4.69, 9.17) is 9.88 Å². The van der Waals surface area contributed by atoms with E-state index >= 15 is 0 Å². The number of carbonyl (C=O) groups excluding carboxylic acids is 2. The summed E-state index contributed by atoms with van der Waals surface area (Å²) in [6.45, 7) is 0.451. The van der Waals surface area contributed by atoms with Crippen molar-refractivity contribution in [2.45, 2.75) is 38.5 Å². The van der Waals surface area contributed by atoms with Crippen LogP contribution in [0.2, 0.25) is 0 Å². The molecule has 1 saturated heterocycles. The van der Waals surface area contributed by atoms with E-state index in [1.54, 1.807) is 0 Å². The van der Waals surface area contributed by atoms with Crippen LogP contribution in [0.5, 0.6) is 0 Å². The molecule has 0 spiro atoms. The molecule has 2 amide bonds. The Morgan fingerprint density at radius 3 is 2.21 bits per heavy atom. The van der Waals surface area contributed by atoms with Crippen LogP contribution in [-0.4, -0.2) is 23.5 Å². The van der Waals surface area contributed by atoms with Crippen molar-refractivity contribution in [3.8, 4) is 11.8 Å². The largest absolute Gasteiger partial charge is 0.272 e. The molecular formula is C14H17NO4. The van der Waals surface area contributed by atoms with Crippen molar-refractivity contribution < 1.29 is 19.5 Å². The molecule has 3 aliphatic rings. The zero-order valence-corrected chi connectivity index (χ0v) is 10.8. The Labute approximate surface area is 112 Å². The fourth-order valence-corrected chi connectivity index (χ4v) is 3.08. The Bertz CT molecular complexity index is 416. The topological polar surface area (TPSA) is 55.8 Å². The number of hydroxylamine groups is 2. The summed E-state index contributed by atoms with van der Waals surface area (Å²) in [5, 5.41) is 0.744. The van der Waals surface area contributed by atoms with Crippen LogP contribution in [0.25, 0.3) is 0 Å². The van der Waals surface area contributed by atoms with Gasteiger partial charge in [-0.3, -0.25) is 9.59 Å². The monoisotopic (exact) mass is 263 g/mol. The number of imide groups is 1. The first-order valence-electron chi connectivity index (χ1n) is 6.88. The Hall–Kier alpha value is -1.38. The van der Waals surface area contributed by atoms with Gasteiger partial charge in [0.2, 0.25) is 0 Å². The molecule has 5 heteroatoms. The summed E-state index contributed by atoms with van der Waals surface area (Å²) in [4.78, 5) is 32.6. The van der Waals surface area contributed by atoms with Crippen LogP contribution in [0.4, 0.5) is 0 Å². The van der Waals surface area contributed by atoms with Crippen molar-refractivity contribution in [2.75, 3.05) is 6.61 Å². The zero-order chi connectivity index (χ0) is 13.2. The molecule has 2 fully saturated rings. The Morgan fingerprint density at radius 2 is 1.63 bits per heavy atom. The first kappa shape index (κ1) is 12.6. The minimum Gasteiger partial charge on any atom is -0.272 e. The molecule has 1 heterocycles. The van der Waals surface area contributed by atoms with Gasteiger partial charge in [0.05, 0.1) is 6.61 Å². The summed E-state index contributed by atoms with van der Waals surface area (Å²) < 4.78 is 0. The molecule has 0 bridgehead atoms. The van der Waals surface area contributed by atoms with E-state index in [2.05, 4.69) is 11.8 Å². The highest BCUT2D eigenvalue weighted by Gasteiger charge is 2.49. The average molecular weight is 263 g/mol. The third-order valence-corrected chi connectivity index (χ3v) is 4.23. The molecule has 1 unspecified atom stereocenters. The van der Waals surface area contributed by atoms with Crippen molar-refractivity contribution in [2.24, 2.45) is 17.8 Å². The molecule has 3 rings (SSSR count). The van der Waals surface area contributed by atoms with Gasteiger partial charge in [-0.1, -0.05) is 0 Å². The number of nitrogens with zero attached hydrogens (tertiary/aromatic N) is 1. The van der Waals surface area contributed by atoms with Gasteiger partial charge < -0.3 is 0 Å². The maximum Gasteiger partial charge on any atom is 0.256 e. The second-order valence-corrected chi connectivity index (χ2v) is 5.36. The van der Waals surface area contributed by atoms with Gasteiger partial charge in [-0.25, -0.2) is 4.89 Å². The molecule has 5 nitrogen and oxygen atoms in total. The molecule has 0 aromatic rings. The van der Waals surface area contributed by atoms with Crippen LogP contribution in [0.15, 0.2) is 0 Å². The molecule has 0 aromatic heterocycles. The molecule has 0 N–H and O–H groups in total. The van der Waals surface area contributed by atoms with E-state index in [0.717, 1.165) is 30.7 Å². The summed E-state index contributed by atoms with van der Waals surface area (Å²) in [7, 11) is 0. The van der Waals surface area contributed by atoms with Crippen LogP contribution in [-0.2, 0) is 19.5 Å². The number of carbonyl (C=O) groups is 2. The van der Waals surface area contributed by atoms with E-state index in [9.17, 15) is 9.59 Å². The highest BCUT2D eigenvalue weighted by atomic mass is 17.3. The quantitative estimate of drug-likeness (QED) is 0.333. The van der Waals surface area contributed by atoms with E-state index < -0.39 is 0 Å². The highest BCUT2D eigenvalue weighted by Crippen LogP contribution is 2.52. The molecule has 0 aromatic carbocycles. The third kappa shape index (κ3) is 2.65. The number of hydrogen-bond donors (Lipinski definition) is 0. The predicted molar refractivity (Wildman–Crippen MR) is 64.8 cm³/mol. The molecule has 1 aliphatic heterocycles. The second kappa shape index (κ2) is 5.32. The van der Waals surface area contributed by atoms with Crippen molar-refractivity contribution >= 4 is 11.8 Å².